The van der Waals surface area contributed by atoms with E-state index in [4.69, 9.17) is 4.74 Å². The van der Waals surface area contributed by atoms with Crippen LogP contribution in [0.5, 0.6) is 5.75 Å². The maximum absolute atomic E-state index is 11.7. The highest BCUT2D eigenvalue weighted by atomic mass is 32.2. The average Bonchev–Trinajstić information content (AvgIpc) is 3.00. The number of ether oxygens (including phenoxy) is 1. The number of allylic oxidation sites excluding steroid dienone is 1. The Labute approximate surface area is 156 Å². The second-order valence-electron chi connectivity index (χ2n) is 5.32. The van der Waals surface area contributed by atoms with E-state index in [0.717, 1.165) is 11.3 Å². The summed E-state index contributed by atoms with van der Waals surface area (Å²) in [5.74, 6) is 1.000. The molecule has 1 aromatic heterocycles. The zero-order valence-electron chi connectivity index (χ0n) is 14.7. The SMILES string of the molecule is C=CCn1c(COc2cccc(C)c2)nnc1SCC(=O)NC(=O)NC. The summed E-state index contributed by atoms with van der Waals surface area (Å²) in [6.45, 7) is 6.46. The Morgan fingerprint density at radius 3 is 2.88 bits per heavy atom. The Bertz CT molecular complexity index is 790. The number of hydrogen-bond donors (Lipinski definition) is 2. The second-order valence-corrected chi connectivity index (χ2v) is 6.26. The van der Waals surface area contributed by atoms with Crippen molar-refractivity contribution >= 4 is 23.7 Å². The molecule has 0 bridgehead atoms. The predicted molar refractivity (Wildman–Crippen MR) is 99.1 cm³/mol. The van der Waals surface area contributed by atoms with E-state index in [-0.39, 0.29) is 12.4 Å². The van der Waals surface area contributed by atoms with Gasteiger partial charge < -0.3 is 10.1 Å². The van der Waals surface area contributed by atoms with Crippen molar-refractivity contribution in [1.29, 1.82) is 0 Å². The van der Waals surface area contributed by atoms with Gasteiger partial charge >= 0.3 is 6.03 Å². The van der Waals surface area contributed by atoms with E-state index in [9.17, 15) is 9.59 Å². The fourth-order valence-corrected chi connectivity index (χ4v) is 2.82. The molecule has 8 nitrogen and oxygen atoms in total. The van der Waals surface area contributed by atoms with Gasteiger partial charge in [0.05, 0.1) is 5.75 Å². The first-order valence-corrected chi connectivity index (χ1v) is 8.89. The largest absolute Gasteiger partial charge is 0.486 e. The molecule has 0 spiro atoms. The van der Waals surface area contributed by atoms with Crippen LogP contribution in [0.3, 0.4) is 0 Å². The molecule has 1 aromatic carbocycles. The number of rotatable bonds is 8. The van der Waals surface area contributed by atoms with Crippen molar-refractivity contribution in [1.82, 2.24) is 25.4 Å². The van der Waals surface area contributed by atoms with Gasteiger partial charge in [0.1, 0.15) is 12.4 Å². The number of benzene rings is 1. The van der Waals surface area contributed by atoms with Crippen molar-refractivity contribution in [3.8, 4) is 5.75 Å². The van der Waals surface area contributed by atoms with Crippen molar-refractivity contribution in [3.63, 3.8) is 0 Å². The minimum absolute atomic E-state index is 0.0431. The molecule has 26 heavy (non-hydrogen) atoms. The molecular weight excluding hydrogens is 354 g/mol. The highest BCUT2D eigenvalue weighted by Gasteiger charge is 2.15. The number of amides is 3. The van der Waals surface area contributed by atoms with Crippen molar-refractivity contribution in [2.45, 2.75) is 25.2 Å². The molecule has 0 aliphatic rings. The number of urea groups is 1. The molecule has 0 aliphatic heterocycles. The average molecular weight is 375 g/mol. The van der Waals surface area contributed by atoms with Crippen LogP contribution in [0, 0.1) is 6.92 Å². The lowest BCUT2D eigenvalue weighted by molar-refractivity contribution is -0.117. The predicted octanol–water partition coefficient (Wildman–Crippen LogP) is 1.90. The number of nitrogens with zero attached hydrogens (tertiary/aromatic N) is 3. The van der Waals surface area contributed by atoms with Crippen LogP contribution in [0.2, 0.25) is 0 Å². The molecule has 1 heterocycles. The summed E-state index contributed by atoms with van der Waals surface area (Å²) in [6.07, 6.45) is 1.72. The summed E-state index contributed by atoms with van der Waals surface area (Å²) in [7, 11) is 1.44. The number of carbonyl (C=O) groups excluding carboxylic acids is 2. The number of hydrogen-bond acceptors (Lipinski definition) is 6. The summed E-state index contributed by atoms with van der Waals surface area (Å²) in [5, 5.41) is 13.3. The molecule has 0 saturated heterocycles. The smallest absolute Gasteiger partial charge is 0.321 e. The molecule has 9 heteroatoms. The van der Waals surface area contributed by atoms with E-state index in [1.807, 2.05) is 35.8 Å². The molecule has 2 rings (SSSR count). The minimum Gasteiger partial charge on any atom is -0.486 e. The van der Waals surface area contributed by atoms with Gasteiger partial charge in [-0.3, -0.25) is 14.7 Å². The van der Waals surface area contributed by atoms with Gasteiger partial charge in [0.25, 0.3) is 0 Å². The minimum atomic E-state index is -0.546. The summed E-state index contributed by atoms with van der Waals surface area (Å²) in [5.41, 5.74) is 1.11. The third kappa shape index (κ3) is 5.62. The van der Waals surface area contributed by atoms with Crippen molar-refractivity contribution < 1.29 is 14.3 Å². The van der Waals surface area contributed by atoms with Crippen LogP contribution >= 0.6 is 11.8 Å². The summed E-state index contributed by atoms with van der Waals surface area (Å²) < 4.78 is 7.59. The number of aryl methyl sites for hydroxylation is 1. The lowest BCUT2D eigenvalue weighted by Crippen LogP contribution is -2.38. The number of carbonyl (C=O) groups is 2. The first kappa shape index (κ1) is 19.5. The molecule has 138 valence electrons. The van der Waals surface area contributed by atoms with E-state index in [0.29, 0.717) is 17.5 Å². The Morgan fingerprint density at radius 2 is 2.19 bits per heavy atom. The Balaban J connectivity index is 2.01. The van der Waals surface area contributed by atoms with E-state index < -0.39 is 11.9 Å². The van der Waals surface area contributed by atoms with Gasteiger partial charge in [-0.2, -0.15) is 0 Å². The highest BCUT2D eigenvalue weighted by molar-refractivity contribution is 7.99. The molecule has 0 fully saturated rings. The van der Waals surface area contributed by atoms with Crippen molar-refractivity contribution in [3.05, 3.63) is 48.3 Å². The standard InChI is InChI=1S/C17H21N5O3S/c1-4-8-22-14(10-25-13-7-5-6-12(2)9-13)20-21-17(22)26-11-15(23)19-16(24)18-3/h4-7,9H,1,8,10-11H2,2-3H3,(H2,18,19,23,24). The summed E-state index contributed by atoms with van der Waals surface area (Å²) in [4.78, 5) is 22.8. The van der Waals surface area contributed by atoms with Crippen LogP contribution in [0.4, 0.5) is 4.79 Å². The lowest BCUT2D eigenvalue weighted by Gasteiger charge is -2.09. The Hall–Kier alpha value is -2.81. The van der Waals surface area contributed by atoms with Crippen LogP contribution in [0.1, 0.15) is 11.4 Å². The van der Waals surface area contributed by atoms with Crippen LogP contribution in [-0.4, -0.2) is 39.5 Å². The number of imide groups is 1. The van der Waals surface area contributed by atoms with Crippen LogP contribution in [-0.2, 0) is 17.9 Å². The third-order valence-electron chi connectivity index (χ3n) is 3.27. The van der Waals surface area contributed by atoms with Gasteiger partial charge in [-0.25, -0.2) is 4.79 Å². The molecule has 3 amide bonds. The number of nitrogens with one attached hydrogen (secondary N) is 2. The topological polar surface area (TPSA) is 98.1 Å². The number of thioether (sulfide) groups is 1. The molecular formula is C17H21N5O3S. The van der Waals surface area contributed by atoms with Gasteiger partial charge in [0, 0.05) is 13.6 Å². The van der Waals surface area contributed by atoms with Gasteiger partial charge in [-0.05, 0) is 24.6 Å². The van der Waals surface area contributed by atoms with E-state index in [1.165, 1.54) is 18.8 Å². The first-order chi connectivity index (χ1) is 12.5. The molecule has 2 aromatic rings. The number of aromatic nitrogens is 3. The normalized spacial score (nSPS) is 10.2. The zero-order valence-corrected chi connectivity index (χ0v) is 15.5. The quantitative estimate of drug-likeness (QED) is 0.540. The molecule has 0 atom stereocenters. The monoisotopic (exact) mass is 375 g/mol. The van der Waals surface area contributed by atoms with E-state index in [1.54, 1.807) is 6.08 Å². The highest BCUT2D eigenvalue weighted by Crippen LogP contribution is 2.19. The lowest BCUT2D eigenvalue weighted by atomic mass is 10.2. The van der Waals surface area contributed by atoms with Gasteiger partial charge in [0.15, 0.2) is 11.0 Å². The van der Waals surface area contributed by atoms with E-state index in [2.05, 4.69) is 27.4 Å². The van der Waals surface area contributed by atoms with Crippen LogP contribution < -0.4 is 15.4 Å². The first-order valence-electron chi connectivity index (χ1n) is 7.90. The van der Waals surface area contributed by atoms with Crippen molar-refractivity contribution in [2.75, 3.05) is 12.8 Å². The Morgan fingerprint density at radius 1 is 1.38 bits per heavy atom. The van der Waals surface area contributed by atoms with Crippen LogP contribution in [0.15, 0.2) is 42.1 Å². The summed E-state index contributed by atoms with van der Waals surface area (Å²) >= 11 is 1.19. The maximum Gasteiger partial charge on any atom is 0.321 e. The molecule has 0 radical (unpaired) electrons. The van der Waals surface area contributed by atoms with Gasteiger partial charge in [-0.15, -0.1) is 16.8 Å². The fourth-order valence-electron chi connectivity index (χ4n) is 2.05. The van der Waals surface area contributed by atoms with E-state index >= 15 is 0 Å². The van der Waals surface area contributed by atoms with Crippen molar-refractivity contribution in [2.24, 2.45) is 0 Å². The van der Waals surface area contributed by atoms with Gasteiger partial charge in [-0.1, -0.05) is 30.0 Å². The Kier molecular flexibility index (Phi) is 7.22. The third-order valence-corrected chi connectivity index (χ3v) is 4.24. The second kappa shape index (κ2) is 9.62. The molecule has 2 N–H and O–H groups in total. The molecule has 0 aliphatic carbocycles. The van der Waals surface area contributed by atoms with Gasteiger partial charge in [0.2, 0.25) is 5.91 Å². The molecule has 0 unspecified atom stereocenters. The fraction of sp³-hybridized carbons (Fsp3) is 0.294. The maximum atomic E-state index is 11.7. The summed E-state index contributed by atoms with van der Waals surface area (Å²) in [6, 6.07) is 7.18. The van der Waals surface area contributed by atoms with Crippen LogP contribution in [0.25, 0.3) is 0 Å². The zero-order chi connectivity index (χ0) is 18.9. The molecule has 0 saturated carbocycles.